The number of fused-ring (bicyclic) bond motifs is 6. The molecule has 1 saturated heterocycles. The van der Waals surface area contributed by atoms with Gasteiger partial charge in [0.05, 0.1) is 11.1 Å². The van der Waals surface area contributed by atoms with Gasteiger partial charge in [0.2, 0.25) is 12.0 Å². The Morgan fingerprint density at radius 2 is 1.73 bits per heavy atom. The quantitative estimate of drug-likeness (QED) is 0.703. The number of benzene rings is 2. The number of rotatable bonds is 1. The third-order valence-corrected chi connectivity index (χ3v) is 5.91. The van der Waals surface area contributed by atoms with Crippen LogP contribution in [0.25, 0.3) is 5.57 Å². The monoisotopic (exact) mass is 405 g/mol. The van der Waals surface area contributed by atoms with E-state index >= 15 is 0 Å². The number of ketones is 2. The first-order valence-corrected chi connectivity index (χ1v) is 9.70. The minimum atomic E-state index is -0.936. The molecule has 2 N–H and O–H groups in total. The van der Waals surface area contributed by atoms with Crippen LogP contribution in [0.15, 0.2) is 36.0 Å². The molecule has 152 valence electrons. The zero-order valence-electron chi connectivity index (χ0n) is 16.6. The lowest BCUT2D eigenvalue weighted by Crippen LogP contribution is -2.44. The summed E-state index contributed by atoms with van der Waals surface area (Å²) in [7, 11) is 0. The van der Waals surface area contributed by atoms with Gasteiger partial charge in [0, 0.05) is 16.7 Å². The van der Waals surface area contributed by atoms with Gasteiger partial charge in [-0.05, 0) is 36.6 Å². The molecule has 2 atom stereocenters. The third kappa shape index (κ3) is 2.17. The largest absolute Gasteiger partial charge is 0.507 e. The van der Waals surface area contributed by atoms with Gasteiger partial charge in [-0.3, -0.25) is 9.59 Å². The van der Waals surface area contributed by atoms with Gasteiger partial charge >= 0.3 is 5.97 Å². The summed E-state index contributed by atoms with van der Waals surface area (Å²) in [6.45, 7) is 5.45. The van der Waals surface area contributed by atoms with Crippen molar-refractivity contribution in [2.45, 2.75) is 33.0 Å². The Labute approximate surface area is 172 Å². The molecule has 30 heavy (non-hydrogen) atoms. The molecule has 7 nitrogen and oxygen atoms in total. The standard InChI is InChI=1S/C23H19NO6/c1-9(2)18-23(29)30-22-12-7-10(3)8-14(26)15(12)17-19(24(18)22)21(28)16-11(20(17)27)5-4-6-13(16)25/h4-9,18,22,25-26H,1-3H3/t18-,22?/m0/s1. The third-order valence-electron chi connectivity index (χ3n) is 5.91. The lowest BCUT2D eigenvalue weighted by atomic mass is 9.78. The van der Waals surface area contributed by atoms with Crippen LogP contribution in [0.3, 0.4) is 0 Å². The minimum Gasteiger partial charge on any atom is -0.507 e. The van der Waals surface area contributed by atoms with Crippen molar-refractivity contribution in [3.05, 3.63) is 63.8 Å². The molecule has 1 aliphatic carbocycles. The van der Waals surface area contributed by atoms with Crippen molar-refractivity contribution in [3.8, 4) is 11.5 Å². The van der Waals surface area contributed by atoms with Crippen LogP contribution in [-0.2, 0) is 9.53 Å². The number of hydrogen-bond donors (Lipinski definition) is 2. The Morgan fingerprint density at radius 1 is 1.00 bits per heavy atom. The fourth-order valence-corrected chi connectivity index (χ4v) is 4.74. The van der Waals surface area contributed by atoms with E-state index in [1.165, 1.54) is 24.3 Å². The molecule has 1 fully saturated rings. The molecule has 5 rings (SSSR count). The molecule has 0 bridgehead atoms. The first kappa shape index (κ1) is 18.4. The Bertz CT molecular complexity index is 1210. The first-order chi connectivity index (χ1) is 14.2. The summed E-state index contributed by atoms with van der Waals surface area (Å²) in [4.78, 5) is 41.4. The Kier molecular flexibility index (Phi) is 3.65. The maximum atomic E-state index is 13.6. The molecule has 0 radical (unpaired) electrons. The van der Waals surface area contributed by atoms with Crippen LogP contribution >= 0.6 is 0 Å². The van der Waals surface area contributed by atoms with Gasteiger partial charge in [0.15, 0.2) is 5.78 Å². The van der Waals surface area contributed by atoms with Crippen molar-refractivity contribution in [1.29, 1.82) is 0 Å². The molecular formula is C23H19NO6. The Balaban J connectivity index is 1.89. The molecule has 0 saturated carbocycles. The Hall–Kier alpha value is -3.61. The number of hydrogen-bond acceptors (Lipinski definition) is 7. The number of nitrogens with zero attached hydrogens (tertiary/aromatic N) is 1. The van der Waals surface area contributed by atoms with Gasteiger partial charge < -0.3 is 19.8 Å². The summed E-state index contributed by atoms with van der Waals surface area (Å²) in [6, 6.07) is 6.79. The minimum absolute atomic E-state index is 0.0183. The van der Waals surface area contributed by atoms with E-state index in [-0.39, 0.29) is 45.4 Å². The van der Waals surface area contributed by atoms with Crippen molar-refractivity contribution < 1.29 is 29.3 Å². The molecule has 0 amide bonds. The van der Waals surface area contributed by atoms with Crippen molar-refractivity contribution in [2.24, 2.45) is 5.92 Å². The van der Waals surface area contributed by atoms with Crippen LogP contribution in [0, 0.1) is 12.8 Å². The predicted molar refractivity (Wildman–Crippen MR) is 106 cm³/mol. The maximum Gasteiger partial charge on any atom is 0.331 e. The summed E-state index contributed by atoms with van der Waals surface area (Å²) < 4.78 is 5.64. The normalized spacial score (nSPS) is 22.0. The van der Waals surface area contributed by atoms with Crippen molar-refractivity contribution >= 4 is 23.1 Å². The predicted octanol–water partition coefficient (Wildman–Crippen LogP) is 3.09. The molecule has 2 aliphatic heterocycles. The topological polar surface area (TPSA) is 104 Å². The second-order valence-electron chi connectivity index (χ2n) is 8.22. The van der Waals surface area contributed by atoms with E-state index in [0.29, 0.717) is 5.56 Å². The van der Waals surface area contributed by atoms with E-state index < -0.39 is 29.8 Å². The highest BCUT2D eigenvalue weighted by Gasteiger charge is 2.54. The number of aryl methyl sites for hydroxylation is 1. The SMILES string of the molecule is Cc1cc(O)c2c(c1)C1OC(=O)[C@H](C(C)C)N1C1=C2C(=O)c2cccc(O)c2C1=O. The van der Waals surface area contributed by atoms with Crippen LogP contribution in [-0.4, -0.2) is 38.7 Å². The number of ether oxygens (including phenoxy) is 1. The number of phenols is 2. The van der Waals surface area contributed by atoms with Gasteiger partial charge in [-0.25, -0.2) is 4.79 Å². The highest BCUT2D eigenvalue weighted by Crippen LogP contribution is 2.52. The van der Waals surface area contributed by atoms with E-state index in [0.717, 1.165) is 5.56 Å². The molecule has 0 spiro atoms. The molecule has 1 unspecified atom stereocenters. The van der Waals surface area contributed by atoms with Crippen molar-refractivity contribution in [1.82, 2.24) is 4.90 Å². The zero-order valence-corrected chi connectivity index (χ0v) is 16.6. The van der Waals surface area contributed by atoms with E-state index in [4.69, 9.17) is 4.74 Å². The summed E-state index contributed by atoms with van der Waals surface area (Å²) in [6.07, 6.45) is -0.936. The molecule has 2 heterocycles. The van der Waals surface area contributed by atoms with E-state index in [9.17, 15) is 24.6 Å². The maximum absolute atomic E-state index is 13.6. The number of phenolic OH excluding ortho intramolecular Hbond substituents is 2. The molecule has 7 heteroatoms. The summed E-state index contributed by atoms with van der Waals surface area (Å²) in [5.74, 6) is -2.23. The van der Waals surface area contributed by atoms with Gasteiger partial charge in [-0.1, -0.05) is 26.0 Å². The van der Waals surface area contributed by atoms with Crippen LogP contribution in [0.4, 0.5) is 0 Å². The van der Waals surface area contributed by atoms with E-state index in [1.54, 1.807) is 17.9 Å². The second kappa shape index (κ2) is 5.95. The fraction of sp³-hybridized carbons (Fsp3) is 0.261. The lowest BCUT2D eigenvalue weighted by molar-refractivity contribution is -0.143. The number of aromatic hydroxyl groups is 2. The van der Waals surface area contributed by atoms with Gasteiger partial charge in [0.25, 0.3) is 0 Å². The summed E-state index contributed by atoms with van der Waals surface area (Å²) in [5, 5.41) is 21.1. The van der Waals surface area contributed by atoms with Gasteiger partial charge in [0.1, 0.15) is 23.2 Å². The number of allylic oxidation sites excluding steroid dienone is 2. The smallest absolute Gasteiger partial charge is 0.331 e. The van der Waals surface area contributed by atoms with Crippen LogP contribution in [0.1, 0.15) is 57.5 Å². The fourth-order valence-electron chi connectivity index (χ4n) is 4.74. The highest BCUT2D eigenvalue weighted by molar-refractivity contribution is 6.41. The molecule has 0 aromatic heterocycles. The summed E-state index contributed by atoms with van der Waals surface area (Å²) >= 11 is 0. The lowest BCUT2D eigenvalue weighted by Gasteiger charge is -2.39. The Morgan fingerprint density at radius 3 is 2.43 bits per heavy atom. The number of Topliss-reactive ketones (excluding diaryl/α,β-unsaturated/α-hetero) is 2. The first-order valence-electron chi connectivity index (χ1n) is 9.70. The number of carbonyl (C=O) groups excluding carboxylic acids is 3. The van der Waals surface area contributed by atoms with Crippen LogP contribution in [0.5, 0.6) is 11.5 Å². The van der Waals surface area contributed by atoms with E-state index in [1.807, 2.05) is 13.8 Å². The highest BCUT2D eigenvalue weighted by atomic mass is 16.6. The average Bonchev–Trinajstić information content (AvgIpc) is 3.02. The van der Waals surface area contributed by atoms with Crippen molar-refractivity contribution in [2.75, 3.05) is 0 Å². The molecular weight excluding hydrogens is 386 g/mol. The summed E-state index contributed by atoms with van der Waals surface area (Å²) in [5.41, 5.74) is 1.37. The zero-order chi connectivity index (χ0) is 21.5. The molecule has 2 aromatic carbocycles. The van der Waals surface area contributed by atoms with Crippen molar-refractivity contribution in [3.63, 3.8) is 0 Å². The van der Waals surface area contributed by atoms with Gasteiger partial charge in [-0.15, -0.1) is 0 Å². The molecule has 2 aromatic rings. The molecule has 3 aliphatic rings. The van der Waals surface area contributed by atoms with Crippen LogP contribution in [0.2, 0.25) is 0 Å². The van der Waals surface area contributed by atoms with Gasteiger partial charge in [-0.2, -0.15) is 0 Å². The number of carbonyl (C=O) groups is 3. The number of esters is 1. The van der Waals surface area contributed by atoms with Crippen LogP contribution < -0.4 is 0 Å². The average molecular weight is 405 g/mol. The second-order valence-corrected chi connectivity index (χ2v) is 8.22. The van der Waals surface area contributed by atoms with E-state index in [2.05, 4.69) is 0 Å².